The number of hydrogen-bond acceptors (Lipinski definition) is 2. The Kier molecular flexibility index (Phi) is 2.69. The molecule has 2 N–H and O–H groups in total. The van der Waals surface area contributed by atoms with E-state index in [1.165, 1.54) is 19.4 Å². The van der Waals surface area contributed by atoms with Crippen LogP contribution >= 0.6 is 0 Å². The van der Waals surface area contributed by atoms with Gasteiger partial charge in [-0.3, -0.25) is 0 Å². The van der Waals surface area contributed by atoms with E-state index in [4.69, 9.17) is 5.73 Å². The van der Waals surface area contributed by atoms with Gasteiger partial charge in [-0.1, -0.05) is 13.3 Å². The summed E-state index contributed by atoms with van der Waals surface area (Å²) in [5.41, 5.74) is 5.85. The van der Waals surface area contributed by atoms with E-state index in [1.54, 1.807) is 0 Å². The van der Waals surface area contributed by atoms with E-state index in [0.717, 1.165) is 12.5 Å². The van der Waals surface area contributed by atoms with E-state index in [-0.39, 0.29) is 0 Å². The minimum absolute atomic E-state index is 0.420. The summed E-state index contributed by atoms with van der Waals surface area (Å²) in [4.78, 5) is 2.34. The van der Waals surface area contributed by atoms with Crippen molar-refractivity contribution in [1.82, 2.24) is 4.90 Å². The van der Waals surface area contributed by atoms with Gasteiger partial charge in [-0.15, -0.1) is 0 Å². The Labute approximate surface area is 63.4 Å². The monoisotopic (exact) mass is 142 g/mol. The third-order valence-corrected chi connectivity index (χ3v) is 2.33. The smallest absolute Gasteiger partial charge is 0.0170 e. The van der Waals surface area contributed by atoms with Gasteiger partial charge in [0, 0.05) is 19.1 Å². The molecule has 1 aliphatic heterocycles. The predicted octanol–water partition coefficient (Wildman–Crippen LogP) is 0.675. The van der Waals surface area contributed by atoms with E-state index >= 15 is 0 Å². The molecular weight excluding hydrogens is 124 g/mol. The molecule has 0 aliphatic carbocycles. The highest BCUT2D eigenvalue weighted by molar-refractivity contribution is 4.78. The number of nitrogens with zero attached hydrogens (tertiary/aromatic N) is 1. The molecule has 2 atom stereocenters. The van der Waals surface area contributed by atoms with Crippen molar-refractivity contribution in [3.8, 4) is 0 Å². The van der Waals surface area contributed by atoms with Crippen LogP contribution in [0.1, 0.15) is 19.8 Å². The summed E-state index contributed by atoms with van der Waals surface area (Å²) in [6.45, 7) is 4.57. The first-order valence-corrected chi connectivity index (χ1v) is 4.16. The molecule has 0 aromatic carbocycles. The molecule has 0 radical (unpaired) electrons. The number of piperidine rings is 1. The van der Waals surface area contributed by atoms with Crippen molar-refractivity contribution < 1.29 is 0 Å². The lowest BCUT2D eigenvalue weighted by Crippen LogP contribution is -2.44. The fourth-order valence-electron chi connectivity index (χ4n) is 1.79. The van der Waals surface area contributed by atoms with Crippen LogP contribution in [0.2, 0.25) is 0 Å². The van der Waals surface area contributed by atoms with E-state index in [9.17, 15) is 0 Å². The number of nitrogens with two attached hydrogens (primary N) is 1. The van der Waals surface area contributed by atoms with Gasteiger partial charge in [0.1, 0.15) is 0 Å². The van der Waals surface area contributed by atoms with Crippen molar-refractivity contribution in [2.24, 2.45) is 11.7 Å². The molecule has 0 aromatic heterocycles. The van der Waals surface area contributed by atoms with E-state index < -0.39 is 0 Å². The number of likely N-dealkylation sites (N-methyl/N-ethyl adjacent to an activating group) is 1. The van der Waals surface area contributed by atoms with Gasteiger partial charge in [0.05, 0.1) is 0 Å². The van der Waals surface area contributed by atoms with Gasteiger partial charge >= 0.3 is 0 Å². The molecule has 1 heterocycles. The van der Waals surface area contributed by atoms with Crippen molar-refractivity contribution in [3.63, 3.8) is 0 Å². The lowest BCUT2D eigenvalue weighted by Gasteiger charge is -2.33. The molecule has 2 heteroatoms. The summed E-state index contributed by atoms with van der Waals surface area (Å²) in [5.74, 6) is 0.841. The van der Waals surface area contributed by atoms with Crippen LogP contribution in [0.3, 0.4) is 0 Å². The molecule has 1 saturated heterocycles. The van der Waals surface area contributed by atoms with Crippen LogP contribution in [0.25, 0.3) is 0 Å². The Morgan fingerprint density at radius 2 is 2.20 bits per heavy atom. The van der Waals surface area contributed by atoms with Crippen molar-refractivity contribution in [1.29, 1.82) is 0 Å². The van der Waals surface area contributed by atoms with Crippen molar-refractivity contribution in [2.75, 3.05) is 20.1 Å². The normalized spacial score (nSPS) is 36.3. The second-order valence-corrected chi connectivity index (χ2v) is 3.49. The van der Waals surface area contributed by atoms with Crippen LogP contribution in [0.5, 0.6) is 0 Å². The molecule has 0 spiro atoms. The fraction of sp³-hybridized carbons (Fsp3) is 1.00. The first-order valence-electron chi connectivity index (χ1n) is 4.16. The van der Waals surface area contributed by atoms with Crippen LogP contribution in [0.4, 0.5) is 0 Å². The maximum Gasteiger partial charge on any atom is 0.0170 e. The average Bonchev–Trinajstić information content (AvgIpc) is 1.85. The van der Waals surface area contributed by atoms with E-state index in [1.807, 2.05) is 0 Å². The lowest BCUT2D eigenvalue weighted by molar-refractivity contribution is 0.185. The second kappa shape index (κ2) is 3.35. The summed E-state index contributed by atoms with van der Waals surface area (Å²) in [7, 11) is 2.15. The minimum atomic E-state index is 0.420. The van der Waals surface area contributed by atoms with E-state index in [2.05, 4.69) is 18.9 Å². The second-order valence-electron chi connectivity index (χ2n) is 3.49. The lowest BCUT2D eigenvalue weighted by atomic mass is 9.93. The number of hydrogen-bond donors (Lipinski definition) is 1. The SMILES string of the molecule is CC[C@H]1C[C@H](N)CN(C)C1. The zero-order valence-electron chi connectivity index (χ0n) is 7.01. The molecule has 0 aromatic rings. The molecule has 1 fully saturated rings. The first kappa shape index (κ1) is 8.02. The summed E-state index contributed by atoms with van der Waals surface area (Å²) in [6.07, 6.45) is 2.50. The van der Waals surface area contributed by atoms with Gasteiger partial charge < -0.3 is 10.6 Å². The summed E-state index contributed by atoms with van der Waals surface area (Å²) < 4.78 is 0. The summed E-state index contributed by atoms with van der Waals surface area (Å²) >= 11 is 0. The quantitative estimate of drug-likeness (QED) is 0.583. The van der Waals surface area contributed by atoms with Gasteiger partial charge in [0.25, 0.3) is 0 Å². The number of likely N-dealkylation sites (tertiary alicyclic amines) is 1. The molecule has 10 heavy (non-hydrogen) atoms. The van der Waals surface area contributed by atoms with Crippen molar-refractivity contribution >= 4 is 0 Å². The van der Waals surface area contributed by atoms with Crippen LogP contribution < -0.4 is 5.73 Å². The third kappa shape index (κ3) is 1.96. The average molecular weight is 142 g/mol. The molecule has 60 valence electrons. The Morgan fingerprint density at radius 3 is 2.70 bits per heavy atom. The highest BCUT2D eigenvalue weighted by Gasteiger charge is 2.20. The van der Waals surface area contributed by atoms with Gasteiger partial charge in [-0.2, -0.15) is 0 Å². The molecule has 0 saturated carbocycles. The standard InChI is InChI=1S/C8H18N2/c1-3-7-4-8(9)6-10(2)5-7/h7-8H,3-6,9H2,1-2H3/t7-,8-/m0/s1. The molecular formula is C8H18N2. The number of rotatable bonds is 1. The molecule has 0 unspecified atom stereocenters. The van der Waals surface area contributed by atoms with Gasteiger partial charge in [0.2, 0.25) is 0 Å². The fourth-order valence-corrected chi connectivity index (χ4v) is 1.79. The Morgan fingerprint density at radius 1 is 1.50 bits per heavy atom. The van der Waals surface area contributed by atoms with Gasteiger partial charge in [-0.05, 0) is 19.4 Å². The highest BCUT2D eigenvalue weighted by Crippen LogP contribution is 2.16. The zero-order valence-corrected chi connectivity index (χ0v) is 7.01. The maximum atomic E-state index is 5.85. The van der Waals surface area contributed by atoms with Crippen molar-refractivity contribution in [3.05, 3.63) is 0 Å². The molecule has 1 rings (SSSR count). The minimum Gasteiger partial charge on any atom is -0.327 e. The highest BCUT2D eigenvalue weighted by atomic mass is 15.1. The first-order chi connectivity index (χ1) is 4.72. The van der Waals surface area contributed by atoms with Crippen molar-refractivity contribution in [2.45, 2.75) is 25.8 Å². The third-order valence-electron chi connectivity index (χ3n) is 2.33. The predicted molar refractivity (Wildman–Crippen MR) is 43.9 cm³/mol. The maximum absolute atomic E-state index is 5.85. The molecule has 1 aliphatic rings. The Bertz CT molecular complexity index is 93.4. The topological polar surface area (TPSA) is 29.3 Å². The van der Waals surface area contributed by atoms with Crippen LogP contribution in [-0.2, 0) is 0 Å². The molecule has 0 bridgehead atoms. The summed E-state index contributed by atoms with van der Waals surface area (Å²) in [5, 5.41) is 0. The van der Waals surface area contributed by atoms with Crippen LogP contribution in [0, 0.1) is 5.92 Å². The zero-order chi connectivity index (χ0) is 7.56. The molecule has 0 amide bonds. The Balaban J connectivity index is 2.35. The van der Waals surface area contributed by atoms with Crippen LogP contribution in [-0.4, -0.2) is 31.1 Å². The molecule has 2 nitrogen and oxygen atoms in total. The largest absolute Gasteiger partial charge is 0.327 e. The van der Waals surface area contributed by atoms with Gasteiger partial charge in [-0.25, -0.2) is 0 Å². The Hall–Kier alpha value is -0.0800. The van der Waals surface area contributed by atoms with Crippen LogP contribution in [0.15, 0.2) is 0 Å². The van der Waals surface area contributed by atoms with Gasteiger partial charge in [0.15, 0.2) is 0 Å². The summed E-state index contributed by atoms with van der Waals surface area (Å²) in [6, 6.07) is 0.420. The van der Waals surface area contributed by atoms with E-state index in [0.29, 0.717) is 6.04 Å².